The lowest BCUT2D eigenvalue weighted by molar-refractivity contribution is -0.135. The lowest BCUT2D eigenvalue weighted by Crippen LogP contribution is -2.45. The summed E-state index contributed by atoms with van der Waals surface area (Å²) in [7, 11) is 0. The zero-order valence-electron chi connectivity index (χ0n) is 19.8. The van der Waals surface area contributed by atoms with Crippen LogP contribution in [0.15, 0.2) is 42.5 Å². The number of anilines is 1. The number of aryl methyl sites for hydroxylation is 1. The predicted molar refractivity (Wildman–Crippen MR) is 136 cm³/mol. The van der Waals surface area contributed by atoms with E-state index in [1.54, 1.807) is 0 Å². The van der Waals surface area contributed by atoms with Crippen molar-refractivity contribution in [3.8, 4) is 11.4 Å². The van der Waals surface area contributed by atoms with Crippen molar-refractivity contribution in [3.63, 3.8) is 0 Å². The van der Waals surface area contributed by atoms with Gasteiger partial charge in [-0.3, -0.25) is 4.79 Å². The summed E-state index contributed by atoms with van der Waals surface area (Å²) in [4.78, 5) is 22.4. The minimum absolute atomic E-state index is 0.0565. The third kappa shape index (κ3) is 3.88. The second-order valence-corrected chi connectivity index (χ2v) is 9.30. The minimum Gasteiger partial charge on any atom is -0.343 e. The van der Waals surface area contributed by atoms with Crippen LogP contribution in [-0.2, 0) is 4.79 Å². The molecular weight excluding hydrogens is 448 g/mol. The number of aromatic nitrogens is 4. The van der Waals surface area contributed by atoms with Crippen molar-refractivity contribution in [1.82, 2.24) is 24.5 Å². The molecule has 1 saturated heterocycles. The molecule has 0 bridgehead atoms. The minimum atomic E-state index is -0.0565. The number of amides is 1. The lowest BCUT2D eigenvalue weighted by atomic mass is 9.96. The standard InChI is InChI=1S/C26H29ClN6O/c1-4-31(5-2)25(34)18-10-8-14-32(16-18)26-28-22-15-19(27)12-13-21(22)24-30-29-23(33(24)26)20-11-7-6-9-17(20)3/h6-7,9,11-13,15,18H,4-5,8,10,14,16H2,1-3H3/t18-/m1/s1. The third-order valence-corrected chi connectivity index (χ3v) is 7.03. The van der Waals surface area contributed by atoms with Crippen molar-refractivity contribution in [1.29, 1.82) is 0 Å². The summed E-state index contributed by atoms with van der Waals surface area (Å²) in [5.41, 5.74) is 3.65. The van der Waals surface area contributed by atoms with Crippen LogP contribution >= 0.6 is 11.6 Å². The maximum Gasteiger partial charge on any atom is 0.227 e. The van der Waals surface area contributed by atoms with Crippen molar-refractivity contribution >= 4 is 40.0 Å². The molecule has 0 radical (unpaired) electrons. The van der Waals surface area contributed by atoms with Gasteiger partial charge in [-0.05, 0) is 57.4 Å². The van der Waals surface area contributed by atoms with Crippen LogP contribution in [-0.4, -0.2) is 56.6 Å². The normalized spacial score (nSPS) is 16.4. The average Bonchev–Trinajstić information content (AvgIpc) is 3.29. The zero-order chi connectivity index (χ0) is 23.8. The van der Waals surface area contributed by atoms with E-state index in [1.807, 2.05) is 53.5 Å². The Balaban J connectivity index is 1.68. The second-order valence-electron chi connectivity index (χ2n) is 8.87. The highest BCUT2D eigenvalue weighted by Crippen LogP contribution is 2.32. The van der Waals surface area contributed by atoms with E-state index in [2.05, 4.69) is 34.2 Å². The van der Waals surface area contributed by atoms with E-state index in [1.165, 1.54) is 0 Å². The molecular formula is C26H29ClN6O. The number of piperidine rings is 1. The smallest absolute Gasteiger partial charge is 0.227 e. The van der Waals surface area contributed by atoms with Crippen LogP contribution in [0, 0.1) is 12.8 Å². The Morgan fingerprint density at radius 3 is 2.71 bits per heavy atom. The van der Waals surface area contributed by atoms with Crippen LogP contribution in [0.4, 0.5) is 5.95 Å². The number of carbonyl (C=O) groups is 1. The molecule has 2 aromatic carbocycles. The van der Waals surface area contributed by atoms with E-state index in [4.69, 9.17) is 16.6 Å². The van der Waals surface area contributed by atoms with E-state index in [0.29, 0.717) is 11.6 Å². The van der Waals surface area contributed by atoms with Gasteiger partial charge in [0.25, 0.3) is 0 Å². The molecule has 0 spiro atoms. The molecule has 7 nitrogen and oxygen atoms in total. The van der Waals surface area contributed by atoms with E-state index < -0.39 is 0 Å². The summed E-state index contributed by atoms with van der Waals surface area (Å²) >= 11 is 6.31. The van der Waals surface area contributed by atoms with Crippen molar-refractivity contribution in [2.45, 2.75) is 33.6 Å². The first-order valence-electron chi connectivity index (χ1n) is 12.0. The summed E-state index contributed by atoms with van der Waals surface area (Å²) < 4.78 is 2.04. The average molecular weight is 477 g/mol. The number of nitrogens with zero attached hydrogens (tertiary/aromatic N) is 6. The number of benzene rings is 2. The SMILES string of the molecule is CCN(CC)C(=O)[C@@H]1CCCN(c2nc3cc(Cl)ccc3c3nnc(-c4ccccc4C)n23)C1. The van der Waals surface area contributed by atoms with Gasteiger partial charge in [-0.15, -0.1) is 10.2 Å². The molecule has 0 unspecified atom stereocenters. The second kappa shape index (κ2) is 9.22. The Labute approximate surface area is 204 Å². The summed E-state index contributed by atoms with van der Waals surface area (Å²) in [6.07, 6.45) is 1.82. The largest absolute Gasteiger partial charge is 0.343 e. The Morgan fingerprint density at radius 2 is 1.94 bits per heavy atom. The fraction of sp³-hybridized carbons (Fsp3) is 0.385. The van der Waals surface area contributed by atoms with Crippen LogP contribution in [0.2, 0.25) is 5.02 Å². The Morgan fingerprint density at radius 1 is 1.15 bits per heavy atom. The molecule has 176 valence electrons. The Hall–Kier alpha value is -3.19. The van der Waals surface area contributed by atoms with Crippen molar-refractivity contribution < 1.29 is 4.79 Å². The molecule has 4 aromatic rings. The lowest BCUT2D eigenvalue weighted by Gasteiger charge is -2.35. The van der Waals surface area contributed by atoms with Gasteiger partial charge in [0.05, 0.1) is 11.4 Å². The van der Waals surface area contributed by atoms with Crippen LogP contribution in [0.5, 0.6) is 0 Å². The Bertz CT molecular complexity index is 1360. The highest BCUT2D eigenvalue weighted by molar-refractivity contribution is 6.31. The fourth-order valence-corrected chi connectivity index (χ4v) is 5.12. The first kappa shape index (κ1) is 22.6. The van der Waals surface area contributed by atoms with Gasteiger partial charge in [0, 0.05) is 42.2 Å². The van der Waals surface area contributed by atoms with Crippen molar-refractivity contribution in [2.75, 3.05) is 31.1 Å². The molecule has 1 fully saturated rings. The predicted octanol–water partition coefficient (Wildman–Crippen LogP) is 4.99. The molecule has 1 amide bonds. The van der Waals surface area contributed by atoms with Crippen LogP contribution < -0.4 is 4.90 Å². The van der Waals surface area contributed by atoms with Crippen LogP contribution in [0.25, 0.3) is 27.9 Å². The van der Waals surface area contributed by atoms with Crippen molar-refractivity contribution in [2.24, 2.45) is 5.92 Å². The number of hydrogen-bond donors (Lipinski definition) is 0. The van der Waals surface area contributed by atoms with Gasteiger partial charge in [0.15, 0.2) is 11.5 Å². The van der Waals surface area contributed by atoms with Crippen molar-refractivity contribution in [3.05, 3.63) is 53.1 Å². The molecule has 0 N–H and O–H groups in total. The van der Waals surface area contributed by atoms with Gasteiger partial charge in [-0.2, -0.15) is 0 Å². The molecule has 3 heterocycles. The third-order valence-electron chi connectivity index (χ3n) is 6.80. The molecule has 1 aliphatic heterocycles. The summed E-state index contributed by atoms with van der Waals surface area (Å²) in [6, 6.07) is 13.8. The van der Waals surface area contributed by atoms with E-state index >= 15 is 0 Å². The number of carbonyl (C=O) groups excluding carboxylic acids is 1. The molecule has 0 aliphatic carbocycles. The van der Waals surface area contributed by atoms with Gasteiger partial charge in [0.1, 0.15) is 0 Å². The highest BCUT2D eigenvalue weighted by atomic mass is 35.5. The van der Waals surface area contributed by atoms with Gasteiger partial charge >= 0.3 is 0 Å². The van der Waals surface area contributed by atoms with Gasteiger partial charge in [0.2, 0.25) is 11.9 Å². The maximum absolute atomic E-state index is 13.2. The first-order chi connectivity index (χ1) is 16.5. The molecule has 8 heteroatoms. The van der Waals surface area contributed by atoms with E-state index in [0.717, 1.165) is 71.9 Å². The summed E-state index contributed by atoms with van der Waals surface area (Å²) in [5.74, 6) is 1.67. The van der Waals surface area contributed by atoms with Gasteiger partial charge in [-0.25, -0.2) is 9.38 Å². The quantitative estimate of drug-likeness (QED) is 0.406. The fourth-order valence-electron chi connectivity index (χ4n) is 4.96. The molecule has 5 rings (SSSR count). The number of halogens is 1. The van der Waals surface area contributed by atoms with Gasteiger partial charge in [-0.1, -0.05) is 35.9 Å². The van der Waals surface area contributed by atoms with Crippen LogP contribution in [0.1, 0.15) is 32.3 Å². The number of fused-ring (bicyclic) bond motifs is 3. The highest BCUT2D eigenvalue weighted by Gasteiger charge is 2.31. The van der Waals surface area contributed by atoms with Gasteiger partial charge < -0.3 is 9.80 Å². The molecule has 2 aromatic heterocycles. The number of rotatable bonds is 5. The zero-order valence-corrected chi connectivity index (χ0v) is 20.6. The molecule has 0 saturated carbocycles. The monoisotopic (exact) mass is 476 g/mol. The maximum atomic E-state index is 13.2. The molecule has 1 aliphatic rings. The van der Waals surface area contributed by atoms with Crippen LogP contribution in [0.3, 0.4) is 0 Å². The summed E-state index contributed by atoms with van der Waals surface area (Å²) in [6.45, 7) is 9.04. The molecule has 34 heavy (non-hydrogen) atoms. The molecule has 1 atom stereocenters. The Kier molecular flexibility index (Phi) is 6.13. The number of hydrogen-bond acceptors (Lipinski definition) is 5. The summed E-state index contributed by atoms with van der Waals surface area (Å²) in [5, 5.41) is 10.7. The topological polar surface area (TPSA) is 66.6 Å². The van der Waals surface area contributed by atoms with E-state index in [9.17, 15) is 4.79 Å². The van der Waals surface area contributed by atoms with E-state index in [-0.39, 0.29) is 11.8 Å². The first-order valence-corrected chi connectivity index (χ1v) is 12.3.